The van der Waals surface area contributed by atoms with Crippen LogP contribution in [-0.4, -0.2) is 4.98 Å². The fourth-order valence-corrected chi connectivity index (χ4v) is 2.82. The summed E-state index contributed by atoms with van der Waals surface area (Å²) in [5.74, 6) is 0.825. The Labute approximate surface area is 116 Å². The summed E-state index contributed by atoms with van der Waals surface area (Å²) >= 11 is 1.65. The molecule has 0 spiro atoms. The van der Waals surface area contributed by atoms with Gasteiger partial charge in [0.1, 0.15) is 11.3 Å². The minimum atomic E-state index is -0.144. The van der Waals surface area contributed by atoms with Crippen LogP contribution in [0.2, 0.25) is 0 Å². The maximum atomic E-state index is 6.21. The molecular formula is C15H16N2OS. The van der Waals surface area contributed by atoms with Gasteiger partial charge in [0.15, 0.2) is 0 Å². The molecule has 1 unspecified atom stereocenters. The van der Waals surface area contributed by atoms with Crippen molar-refractivity contribution in [3.8, 4) is 0 Å². The maximum Gasteiger partial charge on any atom is 0.134 e. The average Bonchev–Trinajstić information content (AvgIpc) is 2.95. The Morgan fingerprint density at radius 3 is 2.89 bits per heavy atom. The van der Waals surface area contributed by atoms with Crippen molar-refractivity contribution in [1.82, 2.24) is 4.98 Å². The van der Waals surface area contributed by atoms with Crippen LogP contribution in [0.5, 0.6) is 0 Å². The lowest BCUT2D eigenvalue weighted by Crippen LogP contribution is -2.12. The fourth-order valence-electron chi connectivity index (χ4n) is 2.19. The molecule has 2 heterocycles. The van der Waals surface area contributed by atoms with Gasteiger partial charge in [-0.2, -0.15) is 0 Å². The third kappa shape index (κ3) is 2.55. The van der Waals surface area contributed by atoms with Crippen LogP contribution in [0.1, 0.15) is 28.1 Å². The number of rotatable bonds is 3. The van der Waals surface area contributed by atoms with Crippen molar-refractivity contribution in [2.45, 2.75) is 26.3 Å². The Morgan fingerprint density at radius 1 is 1.32 bits per heavy atom. The molecule has 0 saturated carbocycles. The smallest absolute Gasteiger partial charge is 0.134 e. The van der Waals surface area contributed by atoms with E-state index in [1.807, 2.05) is 25.1 Å². The summed E-state index contributed by atoms with van der Waals surface area (Å²) in [6.07, 6.45) is 0.711. The van der Waals surface area contributed by atoms with Gasteiger partial charge < -0.3 is 10.2 Å². The first-order chi connectivity index (χ1) is 9.11. The summed E-state index contributed by atoms with van der Waals surface area (Å²) in [6, 6.07) is 8.04. The number of furan rings is 1. The summed E-state index contributed by atoms with van der Waals surface area (Å²) in [6.45, 7) is 4.08. The van der Waals surface area contributed by atoms with Crippen LogP contribution in [0.3, 0.4) is 0 Å². The van der Waals surface area contributed by atoms with E-state index < -0.39 is 0 Å². The van der Waals surface area contributed by atoms with E-state index >= 15 is 0 Å². The van der Waals surface area contributed by atoms with E-state index in [0.29, 0.717) is 6.42 Å². The van der Waals surface area contributed by atoms with E-state index in [4.69, 9.17) is 10.2 Å². The summed E-state index contributed by atoms with van der Waals surface area (Å²) in [5.41, 5.74) is 9.36. The van der Waals surface area contributed by atoms with Gasteiger partial charge in [-0.25, -0.2) is 4.98 Å². The summed E-state index contributed by atoms with van der Waals surface area (Å²) in [5, 5.41) is 4.24. The standard InChI is InChI=1S/C15H16N2OS/c1-9-3-4-14-11(5-9)6-15(18-14)13(16)7-12-8-19-10(2)17-12/h3-6,8,13H,7,16H2,1-2H3. The molecule has 98 valence electrons. The molecule has 3 aromatic rings. The van der Waals surface area contributed by atoms with Crippen molar-refractivity contribution in [2.75, 3.05) is 0 Å². The van der Waals surface area contributed by atoms with Crippen molar-refractivity contribution in [1.29, 1.82) is 0 Å². The van der Waals surface area contributed by atoms with E-state index in [0.717, 1.165) is 27.4 Å². The lowest BCUT2D eigenvalue weighted by atomic mass is 10.1. The van der Waals surface area contributed by atoms with Crippen LogP contribution in [0, 0.1) is 13.8 Å². The van der Waals surface area contributed by atoms with Crippen LogP contribution in [0.15, 0.2) is 34.1 Å². The number of hydrogen-bond donors (Lipinski definition) is 1. The van der Waals surface area contributed by atoms with Crippen LogP contribution in [0.25, 0.3) is 11.0 Å². The first-order valence-electron chi connectivity index (χ1n) is 6.28. The van der Waals surface area contributed by atoms with Crippen molar-refractivity contribution in [3.05, 3.63) is 51.7 Å². The number of nitrogens with zero attached hydrogens (tertiary/aromatic N) is 1. The molecule has 0 bridgehead atoms. The molecule has 2 aromatic heterocycles. The average molecular weight is 272 g/mol. The summed E-state index contributed by atoms with van der Waals surface area (Å²) in [4.78, 5) is 4.44. The molecule has 1 aromatic carbocycles. The first-order valence-corrected chi connectivity index (χ1v) is 7.16. The molecule has 0 amide bonds. The largest absolute Gasteiger partial charge is 0.459 e. The highest BCUT2D eigenvalue weighted by molar-refractivity contribution is 7.09. The Kier molecular flexibility index (Phi) is 3.12. The van der Waals surface area contributed by atoms with Gasteiger partial charge in [-0.05, 0) is 32.0 Å². The zero-order chi connectivity index (χ0) is 13.4. The highest BCUT2D eigenvalue weighted by Gasteiger charge is 2.14. The minimum absolute atomic E-state index is 0.144. The van der Waals surface area contributed by atoms with Crippen molar-refractivity contribution >= 4 is 22.3 Å². The number of aromatic nitrogens is 1. The number of nitrogens with two attached hydrogens (primary N) is 1. The Bertz CT molecular complexity index is 714. The molecule has 19 heavy (non-hydrogen) atoms. The summed E-state index contributed by atoms with van der Waals surface area (Å²) in [7, 11) is 0. The van der Waals surface area contributed by atoms with Gasteiger partial charge in [0.2, 0.25) is 0 Å². The van der Waals surface area contributed by atoms with Gasteiger partial charge in [-0.15, -0.1) is 11.3 Å². The highest BCUT2D eigenvalue weighted by atomic mass is 32.1. The van der Waals surface area contributed by atoms with E-state index in [2.05, 4.69) is 23.4 Å². The van der Waals surface area contributed by atoms with Crippen molar-refractivity contribution < 1.29 is 4.42 Å². The van der Waals surface area contributed by atoms with Gasteiger partial charge in [0, 0.05) is 17.2 Å². The maximum absolute atomic E-state index is 6.21. The molecule has 0 aliphatic rings. The Hall–Kier alpha value is -1.65. The molecular weight excluding hydrogens is 256 g/mol. The van der Waals surface area contributed by atoms with E-state index in [9.17, 15) is 0 Å². The second-order valence-electron chi connectivity index (χ2n) is 4.86. The number of benzene rings is 1. The predicted molar refractivity (Wildman–Crippen MR) is 78.4 cm³/mol. The van der Waals surface area contributed by atoms with Crippen LogP contribution in [0.4, 0.5) is 0 Å². The van der Waals surface area contributed by atoms with Gasteiger partial charge in [0.05, 0.1) is 16.7 Å². The van der Waals surface area contributed by atoms with Crippen LogP contribution >= 0.6 is 11.3 Å². The van der Waals surface area contributed by atoms with Gasteiger partial charge in [-0.3, -0.25) is 0 Å². The van der Waals surface area contributed by atoms with Crippen LogP contribution in [-0.2, 0) is 6.42 Å². The van der Waals surface area contributed by atoms with Gasteiger partial charge >= 0.3 is 0 Å². The fraction of sp³-hybridized carbons (Fsp3) is 0.267. The molecule has 0 saturated heterocycles. The number of thiazole rings is 1. The topological polar surface area (TPSA) is 52.0 Å². The number of aryl methyl sites for hydroxylation is 2. The second kappa shape index (κ2) is 4.79. The molecule has 0 aliphatic heterocycles. The molecule has 0 aliphatic carbocycles. The van der Waals surface area contributed by atoms with E-state index in [1.165, 1.54) is 5.56 Å². The Balaban J connectivity index is 1.86. The molecule has 1 atom stereocenters. The number of fused-ring (bicyclic) bond motifs is 1. The van der Waals surface area contributed by atoms with Crippen molar-refractivity contribution in [3.63, 3.8) is 0 Å². The third-order valence-corrected chi connectivity index (χ3v) is 3.97. The van der Waals surface area contributed by atoms with Crippen molar-refractivity contribution in [2.24, 2.45) is 5.73 Å². The third-order valence-electron chi connectivity index (χ3n) is 3.15. The quantitative estimate of drug-likeness (QED) is 0.790. The Morgan fingerprint density at radius 2 is 2.16 bits per heavy atom. The minimum Gasteiger partial charge on any atom is -0.459 e. The molecule has 4 heteroatoms. The molecule has 0 fully saturated rings. The van der Waals surface area contributed by atoms with E-state index in [1.54, 1.807) is 11.3 Å². The van der Waals surface area contributed by atoms with Gasteiger partial charge in [0.25, 0.3) is 0 Å². The monoisotopic (exact) mass is 272 g/mol. The first kappa shape index (κ1) is 12.4. The SMILES string of the molecule is Cc1ccc2oc(C(N)Cc3csc(C)n3)cc2c1. The second-order valence-corrected chi connectivity index (χ2v) is 5.92. The lowest BCUT2D eigenvalue weighted by molar-refractivity contribution is 0.492. The predicted octanol–water partition coefficient (Wildman–Crippen LogP) is 3.75. The molecule has 2 N–H and O–H groups in total. The zero-order valence-corrected chi connectivity index (χ0v) is 11.8. The highest BCUT2D eigenvalue weighted by Crippen LogP contribution is 2.26. The van der Waals surface area contributed by atoms with Gasteiger partial charge in [-0.1, -0.05) is 11.6 Å². The molecule has 3 rings (SSSR count). The molecule has 3 nitrogen and oxygen atoms in total. The number of hydrogen-bond acceptors (Lipinski definition) is 4. The lowest BCUT2D eigenvalue weighted by Gasteiger charge is -2.05. The molecule has 0 radical (unpaired) electrons. The van der Waals surface area contributed by atoms with Crippen LogP contribution < -0.4 is 5.73 Å². The summed E-state index contributed by atoms with van der Waals surface area (Å²) < 4.78 is 5.81. The normalized spacial score (nSPS) is 13.0. The zero-order valence-electron chi connectivity index (χ0n) is 11.0. The van der Waals surface area contributed by atoms with E-state index in [-0.39, 0.29) is 6.04 Å².